The van der Waals surface area contributed by atoms with Gasteiger partial charge in [-0.15, -0.1) is 6.58 Å². The molecule has 4 heteroatoms. The molecule has 4 nitrogen and oxygen atoms in total. The van der Waals surface area contributed by atoms with E-state index in [9.17, 15) is 4.79 Å². The van der Waals surface area contributed by atoms with Gasteiger partial charge in [-0.3, -0.25) is 4.79 Å². The summed E-state index contributed by atoms with van der Waals surface area (Å²) in [6, 6.07) is 3.71. The average molecular weight is 206 g/mol. The lowest BCUT2D eigenvalue weighted by atomic mass is 10.3. The predicted molar refractivity (Wildman–Crippen MR) is 59.0 cm³/mol. The largest absolute Gasteiger partial charge is 0.480 e. The van der Waals surface area contributed by atoms with Gasteiger partial charge in [-0.2, -0.15) is 0 Å². The van der Waals surface area contributed by atoms with Crippen molar-refractivity contribution < 1.29 is 9.90 Å². The van der Waals surface area contributed by atoms with E-state index in [0.29, 0.717) is 12.4 Å². The lowest BCUT2D eigenvalue weighted by Gasteiger charge is -2.19. The second-order valence-corrected chi connectivity index (χ2v) is 3.26. The van der Waals surface area contributed by atoms with Crippen molar-refractivity contribution >= 4 is 11.8 Å². The first-order valence-electron chi connectivity index (χ1n) is 4.64. The van der Waals surface area contributed by atoms with E-state index < -0.39 is 5.97 Å². The smallest absolute Gasteiger partial charge is 0.323 e. The number of aromatic nitrogens is 1. The molecule has 0 saturated heterocycles. The molecule has 1 N–H and O–H groups in total. The summed E-state index contributed by atoms with van der Waals surface area (Å²) >= 11 is 0. The Morgan fingerprint density at radius 1 is 1.67 bits per heavy atom. The Balaban J connectivity index is 2.83. The minimum atomic E-state index is -0.876. The number of anilines is 1. The first-order valence-corrected chi connectivity index (χ1v) is 4.64. The molecule has 1 heterocycles. The summed E-state index contributed by atoms with van der Waals surface area (Å²) in [5.41, 5.74) is 1.05. The quantitative estimate of drug-likeness (QED) is 0.741. The van der Waals surface area contributed by atoms with Crippen LogP contribution in [0.25, 0.3) is 0 Å². The molecule has 0 aliphatic heterocycles. The van der Waals surface area contributed by atoms with Crippen molar-refractivity contribution in [2.45, 2.75) is 6.92 Å². The fraction of sp³-hybridized carbons (Fsp3) is 0.273. The van der Waals surface area contributed by atoms with Crippen LogP contribution in [0.2, 0.25) is 0 Å². The zero-order valence-corrected chi connectivity index (χ0v) is 8.68. The molecule has 0 atom stereocenters. The third kappa shape index (κ3) is 3.42. The maximum absolute atomic E-state index is 10.6. The lowest BCUT2D eigenvalue weighted by Crippen LogP contribution is -2.30. The number of aryl methyl sites for hydroxylation is 1. The van der Waals surface area contributed by atoms with Gasteiger partial charge in [0, 0.05) is 12.7 Å². The summed E-state index contributed by atoms with van der Waals surface area (Å²) in [4.78, 5) is 16.4. The minimum absolute atomic E-state index is 0.0674. The molecular weight excluding hydrogens is 192 g/mol. The Labute approximate surface area is 88.9 Å². The van der Waals surface area contributed by atoms with Crippen LogP contribution in [-0.2, 0) is 4.79 Å². The van der Waals surface area contributed by atoms with Gasteiger partial charge in [0.15, 0.2) is 0 Å². The molecule has 15 heavy (non-hydrogen) atoms. The Hall–Kier alpha value is -1.84. The second-order valence-electron chi connectivity index (χ2n) is 3.26. The van der Waals surface area contributed by atoms with Crippen LogP contribution < -0.4 is 4.90 Å². The summed E-state index contributed by atoms with van der Waals surface area (Å²) in [6.45, 7) is 5.93. The molecule has 0 aromatic carbocycles. The van der Waals surface area contributed by atoms with Crippen molar-refractivity contribution in [1.82, 2.24) is 4.98 Å². The molecule has 0 radical (unpaired) electrons. The van der Waals surface area contributed by atoms with Crippen molar-refractivity contribution in [3.05, 3.63) is 36.5 Å². The Kier molecular flexibility index (Phi) is 3.85. The fourth-order valence-electron chi connectivity index (χ4n) is 1.21. The number of pyridine rings is 1. The molecule has 80 valence electrons. The summed E-state index contributed by atoms with van der Waals surface area (Å²) in [5, 5.41) is 8.72. The molecular formula is C11H14N2O2. The van der Waals surface area contributed by atoms with E-state index >= 15 is 0 Å². The van der Waals surface area contributed by atoms with Crippen LogP contribution in [-0.4, -0.2) is 29.1 Å². The summed E-state index contributed by atoms with van der Waals surface area (Å²) in [6.07, 6.45) is 3.37. The van der Waals surface area contributed by atoms with Crippen molar-refractivity contribution in [3.63, 3.8) is 0 Å². The Bertz CT molecular complexity index is 346. The minimum Gasteiger partial charge on any atom is -0.480 e. The van der Waals surface area contributed by atoms with Crippen molar-refractivity contribution in [2.24, 2.45) is 0 Å². The van der Waals surface area contributed by atoms with Gasteiger partial charge in [0.2, 0.25) is 0 Å². The first-order chi connectivity index (χ1) is 7.13. The van der Waals surface area contributed by atoms with E-state index in [4.69, 9.17) is 5.11 Å². The Morgan fingerprint density at radius 2 is 2.40 bits per heavy atom. The number of hydrogen-bond acceptors (Lipinski definition) is 3. The second kappa shape index (κ2) is 5.14. The van der Waals surface area contributed by atoms with E-state index in [1.165, 1.54) is 0 Å². The maximum Gasteiger partial charge on any atom is 0.323 e. The van der Waals surface area contributed by atoms with Gasteiger partial charge in [-0.1, -0.05) is 12.1 Å². The summed E-state index contributed by atoms with van der Waals surface area (Å²) in [7, 11) is 0. The summed E-state index contributed by atoms with van der Waals surface area (Å²) < 4.78 is 0. The van der Waals surface area contributed by atoms with Crippen molar-refractivity contribution in [1.29, 1.82) is 0 Å². The topological polar surface area (TPSA) is 53.4 Å². The van der Waals surface area contributed by atoms with Gasteiger partial charge in [-0.05, 0) is 18.6 Å². The highest BCUT2D eigenvalue weighted by Crippen LogP contribution is 2.10. The molecule has 0 bridgehead atoms. The number of rotatable bonds is 5. The maximum atomic E-state index is 10.6. The Morgan fingerprint density at radius 3 is 2.87 bits per heavy atom. The molecule has 0 fully saturated rings. The van der Waals surface area contributed by atoms with Crippen LogP contribution in [0.15, 0.2) is 31.0 Å². The predicted octanol–water partition coefficient (Wildman–Crippen LogP) is 1.47. The number of hydrogen-bond donors (Lipinski definition) is 1. The van der Waals surface area contributed by atoms with Gasteiger partial charge in [-0.25, -0.2) is 4.98 Å². The number of nitrogens with zero attached hydrogens (tertiary/aromatic N) is 2. The number of aliphatic carboxylic acids is 1. The molecule has 0 aliphatic rings. The zero-order valence-electron chi connectivity index (χ0n) is 8.68. The molecule has 0 saturated carbocycles. The van der Waals surface area contributed by atoms with Crippen molar-refractivity contribution in [3.8, 4) is 0 Å². The molecule has 1 rings (SSSR count). The molecule has 0 amide bonds. The van der Waals surface area contributed by atoms with Gasteiger partial charge >= 0.3 is 5.97 Å². The van der Waals surface area contributed by atoms with E-state index in [1.807, 2.05) is 19.1 Å². The van der Waals surface area contributed by atoms with Crippen LogP contribution in [0.1, 0.15) is 5.56 Å². The highest BCUT2D eigenvalue weighted by atomic mass is 16.4. The lowest BCUT2D eigenvalue weighted by molar-refractivity contribution is -0.135. The van der Waals surface area contributed by atoms with Crippen LogP contribution >= 0.6 is 0 Å². The van der Waals surface area contributed by atoms with Crippen molar-refractivity contribution in [2.75, 3.05) is 18.0 Å². The number of carbonyl (C=O) groups is 1. The molecule has 1 aromatic heterocycles. The fourth-order valence-corrected chi connectivity index (χ4v) is 1.21. The number of carboxylic acids is 1. The van der Waals surface area contributed by atoms with Gasteiger partial charge in [0.1, 0.15) is 12.4 Å². The first kappa shape index (κ1) is 11.2. The van der Waals surface area contributed by atoms with E-state index in [-0.39, 0.29) is 6.54 Å². The SMILES string of the molecule is C=CCN(CC(=O)O)c1ccc(C)cn1. The monoisotopic (exact) mass is 206 g/mol. The zero-order chi connectivity index (χ0) is 11.3. The van der Waals surface area contributed by atoms with E-state index in [1.54, 1.807) is 17.2 Å². The van der Waals surface area contributed by atoms with E-state index in [2.05, 4.69) is 11.6 Å². The third-order valence-corrected chi connectivity index (χ3v) is 1.90. The highest BCUT2D eigenvalue weighted by Gasteiger charge is 2.09. The molecule has 1 aromatic rings. The third-order valence-electron chi connectivity index (χ3n) is 1.90. The van der Waals surface area contributed by atoms with Crippen LogP contribution in [0, 0.1) is 6.92 Å². The van der Waals surface area contributed by atoms with Crippen LogP contribution in [0.4, 0.5) is 5.82 Å². The normalized spacial score (nSPS) is 9.67. The standard InChI is InChI=1S/C11H14N2O2/c1-3-6-13(8-11(14)15)10-5-4-9(2)7-12-10/h3-5,7H,1,6,8H2,2H3,(H,14,15). The number of carboxylic acid groups (broad SMARTS) is 1. The van der Waals surface area contributed by atoms with Crippen LogP contribution in [0.3, 0.4) is 0 Å². The highest BCUT2D eigenvalue weighted by molar-refractivity contribution is 5.73. The van der Waals surface area contributed by atoms with Gasteiger partial charge in [0.25, 0.3) is 0 Å². The van der Waals surface area contributed by atoms with Crippen LogP contribution in [0.5, 0.6) is 0 Å². The van der Waals surface area contributed by atoms with Gasteiger partial charge < -0.3 is 10.0 Å². The molecule has 0 unspecified atom stereocenters. The summed E-state index contributed by atoms with van der Waals surface area (Å²) in [5.74, 6) is -0.220. The average Bonchev–Trinajstić information content (AvgIpc) is 2.17. The van der Waals surface area contributed by atoms with E-state index in [0.717, 1.165) is 5.56 Å². The molecule has 0 aliphatic carbocycles. The van der Waals surface area contributed by atoms with Gasteiger partial charge in [0.05, 0.1) is 0 Å². The molecule has 0 spiro atoms.